The molecule has 1 aromatic carbocycles. The van der Waals surface area contributed by atoms with Crippen LogP contribution in [0.1, 0.15) is 29.1 Å². The van der Waals surface area contributed by atoms with Crippen LogP contribution in [0.2, 0.25) is 5.22 Å². The summed E-state index contributed by atoms with van der Waals surface area (Å²) in [4.78, 5) is 14.4. The molecule has 0 spiro atoms. The van der Waals surface area contributed by atoms with Gasteiger partial charge >= 0.3 is 0 Å². The van der Waals surface area contributed by atoms with Gasteiger partial charge in [0, 0.05) is 24.8 Å². The molecular formula is C17H19ClN2O3. The van der Waals surface area contributed by atoms with Crippen LogP contribution in [0.4, 0.5) is 5.69 Å². The monoisotopic (exact) mass is 334 g/mol. The van der Waals surface area contributed by atoms with E-state index in [0.29, 0.717) is 6.04 Å². The summed E-state index contributed by atoms with van der Waals surface area (Å²) in [7, 11) is 0. The maximum atomic E-state index is 12.0. The fourth-order valence-corrected chi connectivity index (χ4v) is 2.80. The lowest BCUT2D eigenvalue weighted by atomic mass is 10.1. The Labute approximate surface area is 140 Å². The SMILES string of the molecule is C[C@H](c1ccc(NC(=O)c2ccc(Cl)o2)cc1)N1CCOCC1. The second-order valence-corrected chi connectivity index (χ2v) is 5.88. The van der Waals surface area contributed by atoms with Gasteiger partial charge in [0.1, 0.15) is 0 Å². The van der Waals surface area contributed by atoms with Crippen molar-refractivity contribution in [2.45, 2.75) is 13.0 Å². The maximum absolute atomic E-state index is 12.0. The molecule has 5 nitrogen and oxygen atoms in total. The molecule has 2 aromatic rings. The minimum Gasteiger partial charge on any atom is -0.440 e. The first-order chi connectivity index (χ1) is 11.1. The van der Waals surface area contributed by atoms with Gasteiger partial charge in [-0.05, 0) is 48.4 Å². The van der Waals surface area contributed by atoms with E-state index in [1.807, 2.05) is 24.3 Å². The maximum Gasteiger partial charge on any atom is 0.291 e. The molecular weight excluding hydrogens is 316 g/mol. The number of anilines is 1. The average molecular weight is 335 g/mol. The summed E-state index contributed by atoms with van der Waals surface area (Å²) >= 11 is 5.68. The summed E-state index contributed by atoms with van der Waals surface area (Å²) in [5, 5.41) is 2.99. The molecule has 23 heavy (non-hydrogen) atoms. The molecule has 2 heterocycles. The number of furan rings is 1. The lowest BCUT2D eigenvalue weighted by molar-refractivity contribution is 0.0198. The van der Waals surface area contributed by atoms with Gasteiger partial charge in [-0.2, -0.15) is 0 Å². The quantitative estimate of drug-likeness (QED) is 0.928. The number of benzene rings is 1. The Balaban J connectivity index is 1.63. The second kappa shape index (κ2) is 7.17. The summed E-state index contributed by atoms with van der Waals surface area (Å²) in [5.74, 6) is -0.119. The minimum absolute atomic E-state index is 0.195. The van der Waals surface area contributed by atoms with Gasteiger partial charge in [0.25, 0.3) is 5.91 Å². The Bertz CT molecular complexity index is 663. The fourth-order valence-electron chi connectivity index (χ4n) is 2.65. The topological polar surface area (TPSA) is 54.7 Å². The number of halogens is 1. The summed E-state index contributed by atoms with van der Waals surface area (Å²) in [6.07, 6.45) is 0. The van der Waals surface area contributed by atoms with E-state index in [1.54, 1.807) is 12.1 Å². The highest BCUT2D eigenvalue weighted by Gasteiger charge is 2.18. The molecule has 0 unspecified atom stereocenters. The van der Waals surface area contributed by atoms with Crippen LogP contribution in [-0.4, -0.2) is 37.1 Å². The average Bonchev–Trinajstić information content (AvgIpc) is 3.02. The van der Waals surface area contributed by atoms with Crippen molar-refractivity contribution in [2.75, 3.05) is 31.6 Å². The summed E-state index contributed by atoms with van der Waals surface area (Å²) < 4.78 is 10.5. The molecule has 122 valence electrons. The van der Waals surface area contributed by atoms with E-state index in [1.165, 1.54) is 5.56 Å². The molecule has 6 heteroatoms. The Kier molecular flexibility index (Phi) is 5.00. The first kappa shape index (κ1) is 16.1. The summed E-state index contributed by atoms with van der Waals surface area (Å²) in [6.45, 7) is 5.63. The molecule has 1 aromatic heterocycles. The number of carbonyl (C=O) groups excluding carboxylic acids is 1. The van der Waals surface area contributed by atoms with Crippen LogP contribution >= 0.6 is 11.6 Å². The van der Waals surface area contributed by atoms with Crippen LogP contribution < -0.4 is 5.32 Å². The van der Waals surface area contributed by atoms with E-state index in [2.05, 4.69) is 17.1 Å². The normalized spacial score (nSPS) is 17.0. The standard InChI is InChI=1S/C17H19ClN2O3/c1-12(20-8-10-22-11-9-20)13-2-4-14(5-3-13)19-17(21)15-6-7-16(18)23-15/h2-7,12H,8-11H2,1H3,(H,19,21)/t12-/m1/s1. The molecule has 1 atom stereocenters. The van der Waals surface area contributed by atoms with Crippen molar-refractivity contribution in [2.24, 2.45) is 0 Å². The Morgan fingerprint density at radius 3 is 2.48 bits per heavy atom. The van der Waals surface area contributed by atoms with E-state index in [9.17, 15) is 4.79 Å². The van der Waals surface area contributed by atoms with E-state index in [4.69, 9.17) is 20.8 Å². The van der Waals surface area contributed by atoms with Gasteiger partial charge in [-0.25, -0.2) is 0 Å². The zero-order chi connectivity index (χ0) is 16.2. The number of nitrogens with one attached hydrogen (secondary N) is 1. The van der Waals surface area contributed by atoms with Crippen molar-refractivity contribution in [1.82, 2.24) is 4.90 Å². The highest BCUT2D eigenvalue weighted by molar-refractivity contribution is 6.29. The first-order valence-electron chi connectivity index (χ1n) is 7.62. The third-order valence-electron chi connectivity index (χ3n) is 4.04. The van der Waals surface area contributed by atoms with Crippen molar-refractivity contribution >= 4 is 23.2 Å². The molecule has 0 saturated carbocycles. The second-order valence-electron chi connectivity index (χ2n) is 5.50. The van der Waals surface area contributed by atoms with Gasteiger partial charge in [0.2, 0.25) is 0 Å². The predicted molar refractivity (Wildman–Crippen MR) is 88.9 cm³/mol. The van der Waals surface area contributed by atoms with Crippen LogP contribution in [-0.2, 0) is 4.74 Å². The molecule has 0 aliphatic carbocycles. The predicted octanol–water partition coefficient (Wildman–Crippen LogP) is 3.58. The summed E-state index contributed by atoms with van der Waals surface area (Å²) in [6, 6.07) is 11.3. The zero-order valence-corrected chi connectivity index (χ0v) is 13.7. The van der Waals surface area contributed by atoms with Crippen molar-refractivity contribution in [1.29, 1.82) is 0 Å². The molecule has 1 saturated heterocycles. The van der Waals surface area contributed by atoms with Crippen LogP contribution in [0, 0.1) is 0 Å². The molecule has 1 aliphatic rings. The van der Waals surface area contributed by atoms with Gasteiger partial charge < -0.3 is 14.5 Å². The van der Waals surface area contributed by atoms with Crippen molar-refractivity contribution in [3.63, 3.8) is 0 Å². The third-order valence-corrected chi connectivity index (χ3v) is 4.24. The number of hydrogen-bond acceptors (Lipinski definition) is 4. The van der Waals surface area contributed by atoms with Crippen molar-refractivity contribution in [3.05, 3.63) is 52.9 Å². The van der Waals surface area contributed by atoms with Gasteiger partial charge in [-0.3, -0.25) is 9.69 Å². The lowest BCUT2D eigenvalue weighted by Crippen LogP contribution is -2.37. The smallest absolute Gasteiger partial charge is 0.291 e. The van der Waals surface area contributed by atoms with Crippen molar-refractivity contribution < 1.29 is 13.9 Å². The largest absolute Gasteiger partial charge is 0.440 e. The molecule has 0 bridgehead atoms. The molecule has 1 N–H and O–H groups in total. The third kappa shape index (κ3) is 3.93. The highest BCUT2D eigenvalue weighted by Crippen LogP contribution is 2.23. The Morgan fingerprint density at radius 1 is 1.17 bits per heavy atom. The van der Waals surface area contributed by atoms with Crippen LogP contribution in [0.5, 0.6) is 0 Å². The fraction of sp³-hybridized carbons (Fsp3) is 0.353. The van der Waals surface area contributed by atoms with Gasteiger partial charge in [-0.15, -0.1) is 0 Å². The number of amides is 1. The number of nitrogens with zero attached hydrogens (tertiary/aromatic N) is 1. The molecule has 0 radical (unpaired) electrons. The van der Waals surface area contributed by atoms with Gasteiger partial charge in [0.15, 0.2) is 11.0 Å². The number of carbonyl (C=O) groups is 1. The van der Waals surface area contributed by atoms with Crippen LogP contribution in [0.3, 0.4) is 0 Å². The zero-order valence-electron chi connectivity index (χ0n) is 12.9. The Hall–Kier alpha value is -1.82. The van der Waals surface area contributed by atoms with Gasteiger partial charge in [0.05, 0.1) is 13.2 Å². The van der Waals surface area contributed by atoms with E-state index in [-0.39, 0.29) is 16.9 Å². The number of morpholine rings is 1. The van der Waals surface area contributed by atoms with Crippen LogP contribution in [0.25, 0.3) is 0 Å². The van der Waals surface area contributed by atoms with Gasteiger partial charge in [-0.1, -0.05) is 12.1 Å². The molecule has 1 fully saturated rings. The molecule has 1 aliphatic heterocycles. The Morgan fingerprint density at radius 2 is 1.87 bits per heavy atom. The number of rotatable bonds is 4. The number of hydrogen-bond donors (Lipinski definition) is 1. The molecule has 3 rings (SSSR count). The van der Waals surface area contributed by atoms with E-state index in [0.717, 1.165) is 32.0 Å². The number of ether oxygens (including phenoxy) is 1. The molecule has 1 amide bonds. The van der Waals surface area contributed by atoms with Crippen molar-refractivity contribution in [3.8, 4) is 0 Å². The summed E-state index contributed by atoms with van der Waals surface area (Å²) in [5.41, 5.74) is 1.94. The van der Waals surface area contributed by atoms with E-state index >= 15 is 0 Å². The minimum atomic E-state index is -0.314. The lowest BCUT2D eigenvalue weighted by Gasteiger charge is -2.32. The first-order valence-corrected chi connectivity index (χ1v) is 8.00. The van der Waals surface area contributed by atoms with Crippen LogP contribution in [0.15, 0.2) is 40.8 Å². The highest BCUT2D eigenvalue weighted by atomic mass is 35.5. The van der Waals surface area contributed by atoms with E-state index < -0.39 is 0 Å².